The highest BCUT2D eigenvalue weighted by Gasteiger charge is 2.24. The van der Waals surface area contributed by atoms with Gasteiger partial charge in [-0.2, -0.15) is 0 Å². The molecule has 0 bridgehead atoms. The van der Waals surface area contributed by atoms with Crippen molar-refractivity contribution in [1.29, 1.82) is 0 Å². The Morgan fingerprint density at radius 1 is 1.06 bits per heavy atom. The number of amides is 2. The van der Waals surface area contributed by atoms with Crippen LogP contribution in [0.1, 0.15) is 23.3 Å². The zero-order valence-electron chi connectivity index (χ0n) is 16.9. The fraction of sp³-hybridized carbons (Fsp3) is 0.261. The zero-order valence-corrected chi connectivity index (χ0v) is 18.5. The van der Waals surface area contributed by atoms with E-state index < -0.39 is 5.91 Å². The average molecular weight is 483 g/mol. The van der Waals surface area contributed by atoms with E-state index in [2.05, 4.69) is 31.7 Å². The van der Waals surface area contributed by atoms with E-state index in [0.29, 0.717) is 24.9 Å². The Balaban J connectivity index is 1.24. The number of benzene rings is 2. The second-order valence-corrected chi connectivity index (χ2v) is 8.26. The summed E-state index contributed by atoms with van der Waals surface area (Å²) in [5.41, 5.74) is 2.05. The zero-order chi connectivity index (χ0) is 21.6. The van der Waals surface area contributed by atoms with Crippen molar-refractivity contribution < 1.29 is 14.1 Å². The van der Waals surface area contributed by atoms with E-state index in [9.17, 15) is 9.59 Å². The van der Waals surface area contributed by atoms with Gasteiger partial charge in [-0.15, -0.1) is 0 Å². The molecular formula is C23H23BrN4O3. The third-order valence-electron chi connectivity index (χ3n) is 5.28. The van der Waals surface area contributed by atoms with Crippen LogP contribution in [0.4, 0.5) is 5.69 Å². The van der Waals surface area contributed by atoms with E-state index in [-0.39, 0.29) is 18.1 Å². The molecule has 8 heteroatoms. The van der Waals surface area contributed by atoms with Crippen LogP contribution >= 0.6 is 15.9 Å². The van der Waals surface area contributed by atoms with Gasteiger partial charge in [0.2, 0.25) is 5.91 Å². The van der Waals surface area contributed by atoms with Crippen LogP contribution in [0.15, 0.2) is 69.7 Å². The van der Waals surface area contributed by atoms with Crippen LogP contribution in [0, 0.1) is 0 Å². The van der Waals surface area contributed by atoms with E-state index in [4.69, 9.17) is 4.52 Å². The van der Waals surface area contributed by atoms with Gasteiger partial charge in [-0.05, 0) is 40.9 Å². The largest absolute Gasteiger partial charge is 0.381 e. The predicted octanol–water partition coefficient (Wildman–Crippen LogP) is 3.94. The Labute approximate surface area is 188 Å². The highest BCUT2D eigenvalue weighted by molar-refractivity contribution is 9.10. The van der Waals surface area contributed by atoms with Gasteiger partial charge in [0.15, 0.2) is 11.5 Å². The summed E-state index contributed by atoms with van der Waals surface area (Å²) in [6.07, 6.45) is 1.70. The first kappa shape index (κ1) is 21.1. The number of aromatic nitrogens is 1. The van der Waals surface area contributed by atoms with Gasteiger partial charge in [-0.3, -0.25) is 9.59 Å². The second-order valence-electron chi connectivity index (χ2n) is 7.40. The molecule has 0 aliphatic carbocycles. The fourth-order valence-corrected chi connectivity index (χ4v) is 3.95. The SMILES string of the molecule is O=C(NCC(=O)N1CCC(Nc2ccccc2Br)CC1)c1cc(-c2ccccc2)on1. The first-order valence-electron chi connectivity index (χ1n) is 10.2. The molecule has 0 radical (unpaired) electrons. The van der Waals surface area contributed by atoms with Gasteiger partial charge in [0.25, 0.3) is 5.91 Å². The lowest BCUT2D eigenvalue weighted by Gasteiger charge is -2.33. The van der Waals surface area contributed by atoms with Crippen LogP contribution < -0.4 is 10.6 Å². The van der Waals surface area contributed by atoms with Gasteiger partial charge < -0.3 is 20.1 Å². The Morgan fingerprint density at radius 2 is 1.77 bits per heavy atom. The van der Waals surface area contributed by atoms with Crippen LogP contribution in [0.3, 0.4) is 0 Å². The molecule has 2 heterocycles. The number of para-hydroxylation sites is 1. The van der Waals surface area contributed by atoms with E-state index in [1.54, 1.807) is 11.0 Å². The summed E-state index contributed by atoms with van der Waals surface area (Å²) in [6.45, 7) is 1.24. The number of hydrogen-bond donors (Lipinski definition) is 2. The van der Waals surface area contributed by atoms with Gasteiger partial charge in [0.1, 0.15) is 0 Å². The molecule has 1 aromatic heterocycles. The van der Waals surface area contributed by atoms with Crippen molar-refractivity contribution in [3.8, 4) is 11.3 Å². The molecular weight excluding hydrogens is 460 g/mol. The Bertz CT molecular complexity index is 1050. The molecule has 1 saturated heterocycles. The standard InChI is InChI=1S/C23H23BrN4O3/c24-18-8-4-5-9-19(18)26-17-10-12-28(13-11-17)22(29)15-25-23(30)20-14-21(31-27-20)16-6-2-1-3-7-16/h1-9,14,17,26H,10-13,15H2,(H,25,30). The maximum atomic E-state index is 12.5. The maximum Gasteiger partial charge on any atom is 0.273 e. The lowest BCUT2D eigenvalue weighted by Crippen LogP contribution is -2.46. The molecule has 7 nitrogen and oxygen atoms in total. The minimum atomic E-state index is -0.426. The topological polar surface area (TPSA) is 87.5 Å². The predicted molar refractivity (Wildman–Crippen MR) is 122 cm³/mol. The molecule has 0 atom stereocenters. The highest BCUT2D eigenvalue weighted by Crippen LogP contribution is 2.24. The first-order valence-corrected chi connectivity index (χ1v) is 11.0. The van der Waals surface area contributed by atoms with Gasteiger partial charge in [-0.25, -0.2) is 0 Å². The second kappa shape index (κ2) is 9.78. The molecule has 2 aromatic carbocycles. The Hall–Kier alpha value is -3.13. The smallest absolute Gasteiger partial charge is 0.273 e. The number of halogens is 1. The number of likely N-dealkylation sites (tertiary alicyclic amines) is 1. The van der Waals surface area contributed by atoms with Crippen molar-refractivity contribution in [3.63, 3.8) is 0 Å². The average Bonchev–Trinajstić information content (AvgIpc) is 3.30. The van der Waals surface area contributed by atoms with Crippen molar-refractivity contribution in [2.24, 2.45) is 0 Å². The fourth-order valence-electron chi connectivity index (χ4n) is 3.55. The van der Waals surface area contributed by atoms with Gasteiger partial charge in [0, 0.05) is 40.9 Å². The van der Waals surface area contributed by atoms with E-state index in [0.717, 1.165) is 28.6 Å². The third-order valence-corrected chi connectivity index (χ3v) is 5.97. The van der Waals surface area contributed by atoms with E-state index in [1.807, 2.05) is 54.6 Å². The number of nitrogens with zero attached hydrogens (tertiary/aromatic N) is 2. The number of carbonyl (C=O) groups excluding carboxylic acids is 2. The molecule has 4 rings (SSSR count). The van der Waals surface area contributed by atoms with Crippen LogP contribution in [-0.2, 0) is 4.79 Å². The number of piperidine rings is 1. The van der Waals surface area contributed by atoms with Crippen molar-refractivity contribution in [2.75, 3.05) is 25.0 Å². The van der Waals surface area contributed by atoms with Gasteiger partial charge >= 0.3 is 0 Å². The molecule has 0 unspecified atom stereocenters. The summed E-state index contributed by atoms with van der Waals surface area (Å²) >= 11 is 3.55. The summed E-state index contributed by atoms with van der Waals surface area (Å²) in [7, 11) is 0. The van der Waals surface area contributed by atoms with Crippen molar-refractivity contribution >= 4 is 33.4 Å². The molecule has 3 aromatic rings. The number of carbonyl (C=O) groups is 2. The van der Waals surface area contributed by atoms with Crippen LogP contribution in [0.25, 0.3) is 11.3 Å². The summed E-state index contributed by atoms with van der Waals surface area (Å²) in [5.74, 6) is -0.0130. The van der Waals surface area contributed by atoms with Gasteiger partial charge in [0.05, 0.1) is 6.54 Å². The third kappa shape index (κ3) is 5.32. The molecule has 2 N–H and O–H groups in total. The van der Waals surface area contributed by atoms with Gasteiger partial charge in [-0.1, -0.05) is 47.6 Å². The molecule has 0 spiro atoms. The van der Waals surface area contributed by atoms with Crippen LogP contribution in [0.5, 0.6) is 0 Å². The number of anilines is 1. The van der Waals surface area contributed by atoms with Crippen LogP contribution in [0.2, 0.25) is 0 Å². The minimum absolute atomic E-state index is 0.0608. The Morgan fingerprint density at radius 3 is 2.52 bits per heavy atom. The van der Waals surface area contributed by atoms with Crippen molar-refractivity contribution in [3.05, 3.63) is 70.8 Å². The lowest BCUT2D eigenvalue weighted by molar-refractivity contribution is -0.131. The summed E-state index contributed by atoms with van der Waals surface area (Å²) in [5, 5.41) is 9.98. The first-order chi connectivity index (χ1) is 15.1. The molecule has 1 aliphatic heterocycles. The molecule has 1 aliphatic rings. The minimum Gasteiger partial charge on any atom is -0.381 e. The van der Waals surface area contributed by atoms with Crippen molar-refractivity contribution in [1.82, 2.24) is 15.4 Å². The highest BCUT2D eigenvalue weighted by atomic mass is 79.9. The molecule has 0 saturated carbocycles. The molecule has 160 valence electrons. The molecule has 2 amide bonds. The quantitative estimate of drug-likeness (QED) is 0.555. The number of rotatable bonds is 6. The van der Waals surface area contributed by atoms with E-state index in [1.165, 1.54) is 0 Å². The van der Waals surface area contributed by atoms with Crippen LogP contribution in [-0.4, -0.2) is 47.5 Å². The normalized spacial score (nSPS) is 14.3. The van der Waals surface area contributed by atoms with Crippen molar-refractivity contribution in [2.45, 2.75) is 18.9 Å². The monoisotopic (exact) mass is 482 g/mol. The van der Waals surface area contributed by atoms with E-state index >= 15 is 0 Å². The summed E-state index contributed by atoms with van der Waals surface area (Å²) in [4.78, 5) is 26.7. The maximum absolute atomic E-state index is 12.5. The Kier molecular flexibility index (Phi) is 6.66. The molecule has 31 heavy (non-hydrogen) atoms. The molecule has 1 fully saturated rings. The number of nitrogens with one attached hydrogen (secondary N) is 2. The summed E-state index contributed by atoms with van der Waals surface area (Å²) < 4.78 is 6.27. The lowest BCUT2D eigenvalue weighted by atomic mass is 10.0. The number of hydrogen-bond acceptors (Lipinski definition) is 5. The summed E-state index contributed by atoms with van der Waals surface area (Å²) in [6, 6.07) is 19.3.